The van der Waals surface area contributed by atoms with Gasteiger partial charge >= 0.3 is 0 Å². The number of rotatable bonds is 8. The zero-order valence-electron chi connectivity index (χ0n) is 19.0. The van der Waals surface area contributed by atoms with Crippen molar-refractivity contribution in [2.45, 2.75) is 43.7 Å². The van der Waals surface area contributed by atoms with Gasteiger partial charge in [-0.25, -0.2) is 17.6 Å². The van der Waals surface area contributed by atoms with Crippen molar-refractivity contribution in [3.8, 4) is 0 Å². The molecule has 1 nitrogen and oxygen atoms in total. The van der Waals surface area contributed by atoms with E-state index < -0.39 is 39.4 Å². The minimum absolute atomic E-state index is 0.275. The lowest BCUT2D eigenvalue weighted by Gasteiger charge is -2.41. The first-order valence-electron chi connectivity index (χ1n) is 11.5. The van der Waals surface area contributed by atoms with Gasteiger partial charge in [0.25, 0.3) is 0 Å². The van der Waals surface area contributed by atoms with Gasteiger partial charge in [-0.2, -0.15) is 0 Å². The third kappa shape index (κ3) is 5.88. The van der Waals surface area contributed by atoms with Crippen molar-refractivity contribution in [2.24, 2.45) is 0 Å². The van der Waals surface area contributed by atoms with Gasteiger partial charge in [-0.3, -0.25) is 4.44 Å². The predicted molar refractivity (Wildman–Crippen MR) is 139 cm³/mol. The maximum absolute atomic E-state index is 14.4. The van der Waals surface area contributed by atoms with E-state index in [-0.39, 0.29) is 5.66 Å². The highest BCUT2D eigenvalue weighted by Gasteiger charge is 2.42. The number of unbranched alkanes of at least 4 members (excludes halogenated alkanes) is 1. The van der Waals surface area contributed by atoms with E-state index >= 15 is 0 Å². The molecule has 2 unspecified atom stereocenters. The van der Waals surface area contributed by atoms with Crippen LogP contribution in [0.1, 0.15) is 43.8 Å². The summed E-state index contributed by atoms with van der Waals surface area (Å²) in [6.45, 7) is 2.79. The molecule has 34 heavy (non-hydrogen) atoms. The Hall–Kier alpha value is -1.37. The van der Waals surface area contributed by atoms with Crippen LogP contribution in [0.4, 0.5) is 17.6 Å². The molecule has 0 radical (unpaired) electrons. The molecule has 4 atom stereocenters. The molecule has 4 rings (SSSR count). The fraction of sp³-hybridized carbons (Fsp3) is 0.308. The lowest BCUT2D eigenvalue weighted by molar-refractivity contribution is 0.584. The molecule has 1 fully saturated rings. The van der Waals surface area contributed by atoms with Crippen LogP contribution < -0.4 is 10.6 Å². The first kappa shape index (κ1) is 25.7. The molecule has 3 aromatic carbocycles. The van der Waals surface area contributed by atoms with E-state index in [4.69, 9.17) is 0 Å². The Morgan fingerprint density at radius 3 is 1.88 bits per heavy atom. The van der Waals surface area contributed by atoms with Gasteiger partial charge in [0.05, 0.1) is 0 Å². The fourth-order valence-electron chi connectivity index (χ4n) is 4.51. The van der Waals surface area contributed by atoms with Gasteiger partial charge in [-0.05, 0) is 57.2 Å². The van der Waals surface area contributed by atoms with Crippen molar-refractivity contribution in [3.05, 3.63) is 95.6 Å². The molecule has 0 aromatic heterocycles. The van der Waals surface area contributed by atoms with E-state index in [2.05, 4.69) is 32.7 Å². The number of halogens is 4. The third-order valence-corrected chi connectivity index (χ3v) is 13.4. The van der Waals surface area contributed by atoms with Crippen LogP contribution in [0.5, 0.6) is 0 Å². The number of nitrogens with zero attached hydrogens (tertiary/aromatic N) is 1. The van der Waals surface area contributed by atoms with E-state index in [9.17, 15) is 17.6 Å². The number of hydrogen-bond acceptors (Lipinski definition) is 1. The van der Waals surface area contributed by atoms with Crippen LogP contribution in [0.15, 0.2) is 66.7 Å². The van der Waals surface area contributed by atoms with E-state index in [0.717, 1.165) is 37.8 Å². The summed E-state index contributed by atoms with van der Waals surface area (Å²) in [6, 6.07) is 17.3. The van der Waals surface area contributed by atoms with Gasteiger partial charge in [0, 0.05) is 48.4 Å². The van der Waals surface area contributed by atoms with E-state index in [0.29, 0.717) is 22.6 Å². The third-order valence-electron chi connectivity index (χ3n) is 5.97. The molecule has 0 bridgehead atoms. The zero-order chi connectivity index (χ0) is 24.2. The van der Waals surface area contributed by atoms with Gasteiger partial charge < -0.3 is 0 Å². The minimum atomic E-state index is -1.56. The highest BCUT2D eigenvalue weighted by molar-refractivity contribution is 7.81. The van der Waals surface area contributed by atoms with E-state index in [1.165, 1.54) is 29.8 Å². The summed E-state index contributed by atoms with van der Waals surface area (Å²) in [4.78, 5) is 0. The van der Waals surface area contributed by atoms with Crippen molar-refractivity contribution in [1.82, 2.24) is 4.44 Å². The van der Waals surface area contributed by atoms with Crippen molar-refractivity contribution in [3.63, 3.8) is 0 Å². The first-order chi connectivity index (χ1) is 16.4. The normalized spacial score (nSPS) is 20.4. The van der Waals surface area contributed by atoms with Gasteiger partial charge in [-0.1, -0.05) is 43.7 Å². The van der Waals surface area contributed by atoms with Crippen LogP contribution in [0.2, 0.25) is 0 Å². The topological polar surface area (TPSA) is 3.24 Å². The lowest BCUT2D eigenvalue weighted by Crippen LogP contribution is -2.29. The van der Waals surface area contributed by atoms with Crippen LogP contribution in [0.25, 0.3) is 0 Å². The Kier molecular flexibility index (Phi) is 8.76. The van der Waals surface area contributed by atoms with Crippen molar-refractivity contribution >= 4 is 36.0 Å². The average Bonchev–Trinajstić information content (AvgIpc) is 3.17. The largest absolute Gasteiger partial charge is 0.251 e. The maximum atomic E-state index is 14.4. The standard InChI is InChI=1S/C26H28F4NP3/c1-2-3-11-31(34-25(9-10-26(34)32)18-7-5-4-6-8-18)33(23-14-19(27)12-20(28)15-23)24-16-21(29)13-22(30)17-24/h4-8,12-17,25-26H,2-3,9-11,32H2,1H3/t25-,26-,34?/m1/s1. The minimum Gasteiger partial charge on any atom is -0.251 e. The molecule has 1 saturated heterocycles. The summed E-state index contributed by atoms with van der Waals surface area (Å²) < 4.78 is 59.9. The SMILES string of the molecule is CCCCN(P(c1cc(F)cc(F)c1)c1cc(F)cc(F)c1)P1[C@@H](c2ccccc2)CC[C@@H]1P. The molecule has 3 aromatic rings. The smallest absolute Gasteiger partial charge is 0.126 e. The second kappa shape index (κ2) is 11.6. The Morgan fingerprint density at radius 1 is 0.853 bits per heavy atom. The first-order valence-corrected chi connectivity index (χ1v) is 14.9. The Bertz CT molecular complexity index is 1020. The molecular weight excluding hydrogens is 495 g/mol. The average molecular weight is 523 g/mol. The van der Waals surface area contributed by atoms with Crippen LogP contribution in [-0.4, -0.2) is 16.4 Å². The molecule has 0 N–H and O–H groups in total. The Balaban J connectivity index is 1.88. The molecule has 0 spiro atoms. The van der Waals surface area contributed by atoms with Gasteiger partial charge in [0.15, 0.2) is 0 Å². The van der Waals surface area contributed by atoms with Crippen LogP contribution in [0, 0.1) is 23.3 Å². The molecule has 1 aliphatic rings. The summed E-state index contributed by atoms with van der Waals surface area (Å²) in [5.41, 5.74) is 1.52. The highest BCUT2D eigenvalue weighted by Crippen LogP contribution is 2.72. The Morgan fingerprint density at radius 2 is 1.38 bits per heavy atom. The quantitative estimate of drug-likeness (QED) is 0.215. The van der Waals surface area contributed by atoms with E-state index in [1.807, 2.05) is 18.2 Å². The Labute approximate surface area is 203 Å². The van der Waals surface area contributed by atoms with Crippen LogP contribution >= 0.6 is 25.4 Å². The van der Waals surface area contributed by atoms with Crippen molar-refractivity contribution in [1.29, 1.82) is 0 Å². The molecule has 1 aliphatic heterocycles. The molecule has 8 heteroatoms. The van der Waals surface area contributed by atoms with Crippen LogP contribution in [-0.2, 0) is 0 Å². The lowest BCUT2D eigenvalue weighted by atomic mass is 10.1. The molecule has 0 aliphatic carbocycles. The summed E-state index contributed by atoms with van der Waals surface area (Å²) >= 11 is 0. The second-order valence-electron chi connectivity index (χ2n) is 8.47. The monoisotopic (exact) mass is 523 g/mol. The molecular formula is C26H28F4NP3. The second-order valence-corrected chi connectivity index (χ2v) is 14.8. The highest BCUT2D eigenvalue weighted by atomic mass is 31.2. The molecule has 0 amide bonds. The van der Waals surface area contributed by atoms with Crippen molar-refractivity contribution in [2.75, 3.05) is 6.54 Å². The predicted octanol–water partition coefficient (Wildman–Crippen LogP) is 7.83. The van der Waals surface area contributed by atoms with E-state index in [1.54, 1.807) is 0 Å². The molecule has 0 saturated carbocycles. The number of benzene rings is 3. The summed E-state index contributed by atoms with van der Waals surface area (Å²) in [7, 11) is 0.611. The fourth-order valence-corrected chi connectivity index (χ4v) is 13.3. The maximum Gasteiger partial charge on any atom is 0.126 e. The summed E-state index contributed by atoms with van der Waals surface area (Å²) in [5, 5.41) is 1.18. The molecule has 180 valence electrons. The van der Waals surface area contributed by atoms with Crippen molar-refractivity contribution < 1.29 is 17.6 Å². The summed E-state index contributed by atoms with van der Waals surface area (Å²) in [6.07, 6.45) is 3.84. The van der Waals surface area contributed by atoms with Gasteiger partial charge in [0.2, 0.25) is 0 Å². The van der Waals surface area contributed by atoms with Gasteiger partial charge in [0.1, 0.15) is 23.3 Å². The number of hydrogen-bond donors (Lipinski definition) is 0. The molecule has 1 heterocycles. The summed E-state index contributed by atoms with van der Waals surface area (Å²) in [5.74, 6) is -2.74. The van der Waals surface area contributed by atoms with Crippen LogP contribution in [0.3, 0.4) is 0 Å². The van der Waals surface area contributed by atoms with Gasteiger partial charge in [-0.15, -0.1) is 9.24 Å². The zero-order valence-corrected chi connectivity index (χ0v) is 21.9.